The van der Waals surface area contributed by atoms with Crippen molar-refractivity contribution in [2.24, 2.45) is 7.05 Å². The molecule has 0 saturated carbocycles. The minimum absolute atomic E-state index is 0.00765. The van der Waals surface area contributed by atoms with Crippen molar-refractivity contribution < 1.29 is 31.9 Å². The predicted octanol–water partition coefficient (Wildman–Crippen LogP) is 5.04. The number of ether oxygens (including phenoxy) is 1. The molecule has 232 valence electrons. The van der Waals surface area contributed by atoms with Gasteiger partial charge in [0.05, 0.1) is 23.4 Å². The summed E-state index contributed by atoms with van der Waals surface area (Å²) in [6.45, 7) is 2.22. The van der Waals surface area contributed by atoms with Crippen LogP contribution in [0.2, 0.25) is 5.02 Å². The highest BCUT2D eigenvalue weighted by Crippen LogP contribution is 2.44. The number of nitrogens with two attached hydrogens (primary N) is 1. The van der Waals surface area contributed by atoms with Crippen LogP contribution in [-0.2, 0) is 18.0 Å². The highest BCUT2D eigenvalue weighted by atomic mass is 35.5. The molecule has 16 heteroatoms. The SMILES string of the molecule is CCOc1cc(C(=O)Nc2cc(C(F)(F)F)n(C)n2)cc(Cl)c1-c1nc([C@@H]2CC[C@H]3CCC(=O)N3C2)n2c(F)cnc(N)c12. The lowest BCUT2D eigenvalue weighted by Crippen LogP contribution is -2.41. The fraction of sp³-hybridized carbons (Fsp3) is 0.393. The molecule has 3 aromatic heterocycles. The molecule has 2 atom stereocenters. The molecule has 44 heavy (non-hydrogen) atoms. The number of carbonyl (C=O) groups excluding carboxylic acids is 2. The molecule has 0 aliphatic carbocycles. The number of fused-ring (bicyclic) bond motifs is 2. The van der Waals surface area contributed by atoms with Crippen LogP contribution in [0.5, 0.6) is 5.75 Å². The van der Waals surface area contributed by atoms with Crippen molar-refractivity contribution >= 4 is 40.6 Å². The highest BCUT2D eigenvalue weighted by molar-refractivity contribution is 6.34. The molecule has 11 nitrogen and oxygen atoms in total. The van der Waals surface area contributed by atoms with Gasteiger partial charge in [0.15, 0.2) is 5.82 Å². The number of piperidine rings is 1. The molecule has 3 N–H and O–H groups in total. The van der Waals surface area contributed by atoms with Gasteiger partial charge in [0.2, 0.25) is 11.9 Å². The first-order chi connectivity index (χ1) is 20.9. The Morgan fingerprint density at radius 3 is 2.70 bits per heavy atom. The van der Waals surface area contributed by atoms with Gasteiger partial charge in [0.1, 0.15) is 34.3 Å². The van der Waals surface area contributed by atoms with Crippen LogP contribution in [0.15, 0.2) is 24.4 Å². The summed E-state index contributed by atoms with van der Waals surface area (Å²) in [4.78, 5) is 36.2. The second-order valence-corrected chi connectivity index (χ2v) is 11.1. The summed E-state index contributed by atoms with van der Waals surface area (Å²) >= 11 is 6.74. The van der Waals surface area contributed by atoms with E-state index in [0.717, 1.165) is 26.1 Å². The number of hydrogen-bond acceptors (Lipinski definition) is 7. The number of imidazole rings is 1. The summed E-state index contributed by atoms with van der Waals surface area (Å²) in [6.07, 6.45) is -0.982. The van der Waals surface area contributed by atoms with Crippen LogP contribution in [0.3, 0.4) is 0 Å². The maximum absolute atomic E-state index is 15.4. The monoisotopic (exact) mass is 634 g/mol. The van der Waals surface area contributed by atoms with E-state index in [0.29, 0.717) is 36.0 Å². The van der Waals surface area contributed by atoms with Gasteiger partial charge in [-0.05, 0) is 38.3 Å². The number of aryl methyl sites for hydroxylation is 1. The summed E-state index contributed by atoms with van der Waals surface area (Å²) in [5.74, 6) is -1.64. The first-order valence-corrected chi connectivity index (χ1v) is 14.3. The average Bonchev–Trinajstić information content (AvgIpc) is 3.66. The van der Waals surface area contributed by atoms with Crippen LogP contribution in [0.25, 0.3) is 16.8 Å². The number of carbonyl (C=O) groups is 2. The normalized spacial score (nSPS) is 18.6. The Bertz CT molecular complexity index is 1800. The third-order valence-corrected chi connectivity index (χ3v) is 8.32. The van der Waals surface area contributed by atoms with E-state index < -0.39 is 23.7 Å². The Kier molecular flexibility index (Phi) is 7.38. The van der Waals surface area contributed by atoms with Crippen molar-refractivity contribution in [2.45, 2.75) is 50.7 Å². The van der Waals surface area contributed by atoms with Crippen molar-refractivity contribution in [1.82, 2.24) is 29.0 Å². The smallest absolute Gasteiger partial charge is 0.433 e. The summed E-state index contributed by atoms with van der Waals surface area (Å²) in [5.41, 5.74) is 5.71. The van der Waals surface area contributed by atoms with E-state index >= 15 is 4.39 Å². The maximum atomic E-state index is 15.4. The number of nitrogen functional groups attached to an aromatic ring is 1. The molecule has 0 radical (unpaired) electrons. The van der Waals surface area contributed by atoms with Gasteiger partial charge in [-0.3, -0.25) is 18.7 Å². The van der Waals surface area contributed by atoms with E-state index in [1.807, 2.05) is 4.90 Å². The van der Waals surface area contributed by atoms with Gasteiger partial charge >= 0.3 is 6.18 Å². The van der Waals surface area contributed by atoms with E-state index in [4.69, 9.17) is 27.1 Å². The largest absolute Gasteiger partial charge is 0.493 e. The number of halogens is 5. The number of rotatable bonds is 6. The Balaban J connectivity index is 1.42. The van der Waals surface area contributed by atoms with Crippen molar-refractivity contribution in [3.05, 3.63) is 52.4 Å². The number of hydrogen-bond donors (Lipinski definition) is 2. The quantitative estimate of drug-likeness (QED) is 0.284. The third kappa shape index (κ3) is 5.08. The topological polar surface area (TPSA) is 133 Å². The number of benzene rings is 1. The molecular weight excluding hydrogens is 608 g/mol. The molecule has 0 spiro atoms. The van der Waals surface area contributed by atoms with E-state index in [1.54, 1.807) is 6.92 Å². The lowest BCUT2D eigenvalue weighted by atomic mass is 9.92. The van der Waals surface area contributed by atoms with E-state index in [-0.39, 0.29) is 69.2 Å². The summed E-state index contributed by atoms with van der Waals surface area (Å²) in [7, 11) is 1.11. The lowest BCUT2D eigenvalue weighted by molar-refractivity contribution is -0.143. The predicted molar refractivity (Wildman–Crippen MR) is 152 cm³/mol. The molecule has 0 bridgehead atoms. The molecule has 2 aliphatic heterocycles. The van der Waals surface area contributed by atoms with Gasteiger partial charge in [-0.15, -0.1) is 0 Å². The van der Waals surface area contributed by atoms with Gasteiger partial charge in [0, 0.05) is 43.6 Å². The molecule has 2 amide bonds. The number of anilines is 2. The van der Waals surface area contributed by atoms with Crippen LogP contribution in [0.1, 0.15) is 60.4 Å². The molecule has 0 unspecified atom stereocenters. The lowest BCUT2D eigenvalue weighted by Gasteiger charge is -2.34. The highest BCUT2D eigenvalue weighted by Gasteiger charge is 2.39. The first kappa shape index (κ1) is 29.7. The number of nitrogens with zero attached hydrogens (tertiary/aromatic N) is 6. The molecule has 2 saturated heterocycles. The second kappa shape index (κ2) is 10.9. The van der Waals surface area contributed by atoms with Crippen LogP contribution in [0.4, 0.5) is 29.2 Å². The summed E-state index contributed by atoms with van der Waals surface area (Å²) < 4.78 is 62.8. The zero-order valence-electron chi connectivity index (χ0n) is 23.6. The van der Waals surface area contributed by atoms with Gasteiger partial charge in [-0.25, -0.2) is 9.97 Å². The molecule has 1 aromatic carbocycles. The van der Waals surface area contributed by atoms with Gasteiger partial charge in [-0.1, -0.05) is 11.6 Å². The van der Waals surface area contributed by atoms with E-state index in [9.17, 15) is 22.8 Å². The second-order valence-electron chi connectivity index (χ2n) is 10.7. The van der Waals surface area contributed by atoms with Crippen LogP contribution >= 0.6 is 11.6 Å². The van der Waals surface area contributed by atoms with Crippen molar-refractivity contribution in [1.29, 1.82) is 0 Å². The van der Waals surface area contributed by atoms with E-state index in [1.165, 1.54) is 16.5 Å². The Morgan fingerprint density at radius 1 is 1.23 bits per heavy atom. The minimum atomic E-state index is -4.66. The zero-order valence-corrected chi connectivity index (χ0v) is 24.3. The van der Waals surface area contributed by atoms with Gasteiger partial charge in [0.25, 0.3) is 5.91 Å². The molecule has 4 aromatic rings. The van der Waals surface area contributed by atoms with E-state index in [2.05, 4.69) is 15.4 Å². The third-order valence-electron chi connectivity index (χ3n) is 8.02. The van der Waals surface area contributed by atoms with Crippen molar-refractivity contribution in [3.63, 3.8) is 0 Å². The summed E-state index contributed by atoms with van der Waals surface area (Å²) in [6, 6.07) is 3.52. The zero-order chi connectivity index (χ0) is 31.5. The number of nitrogens with one attached hydrogen (secondary N) is 1. The van der Waals surface area contributed by atoms with Crippen LogP contribution in [-0.4, -0.2) is 60.1 Å². The first-order valence-electron chi connectivity index (χ1n) is 13.9. The average molecular weight is 635 g/mol. The maximum Gasteiger partial charge on any atom is 0.433 e. The van der Waals surface area contributed by atoms with Crippen LogP contribution < -0.4 is 15.8 Å². The Labute approximate surface area is 252 Å². The standard InChI is InChI=1S/C28H27ClF4N8O3/c1-3-44-17-9-14(27(43)36-20-10-18(28(31,32)33)39(2)38-20)8-16(29)22(17)23-24-25(34)35-11-19(30)41(24)26(37-23)13-4-5-15-6-7-21(42)40(15)12-13/h8-11,13,15H,3-7,12H2,1-2H3,(H2,34,35)(H,36,38,43)/t13-,15+/m1/s1. The number of alkyl halides is 3. The summed E-state index contributed by atoms with van der Waals surface area (Å²) in [5, 5.41) is 6.06. The molecule has 6 rings (SSSR count). The van der Waals surface area contributed by atoms with Crippen molar-refractivity contribution in [3.8, 4) is 17.0 Å². The molecular formula is C28H27ClF4N8O3. The fourth-order valence-electron chi connectivity index (χ4n) is 6.05. The van der Waals surface area contributed by atoms with Crippen LogP contribution in [0, 0.1) is 5.95 Å². The Morgan fingerprint density at radius 2 is 2.00 bits per heavy atom. The van der Waals surface area contributed by atoms with Gasteiger partial charge in [-0.2, -0.15) is 22.7 Å². The molecule has 2 aliphatic rings. The Hall–Kier alpha value is -4.40. The van der Waals surface area contributed by atoms with Gasteiger partial charge < -0.3 is 20.7 Å². The van der Waals surface area contributed by atoms with Crippen molar-refractivity contribution in [2.75, 3.05) is 24.2 Å². The molecule has 5 heterocycles. The number of aromatic nitrogens is 5. The molecule has 2 fully saturated rings. The number of amides is 2. The minimum Gasteiger partial charge on any atom is -0.493 e. The fourth-order valence-corrected chi connectivity index (χ4v) is 6.35.